The summed E-state index contributed by atoms with van der Waals surface area (Å²) in [4.78, 5) is 16.0. The number of allylic oxidation sites excluding steroid dienone is 2. The molecule has 0 atom stereocenters. The van der Waals surface area contributed by atoms with Crippen molar-refractivity contribution in [1.82, 2.24) is 9.79 Å². The molecule has 0 spiro atoms. The van der Waals surface area contributed by atoms with Crippen molar-refractivity contribution in [2.75, 3.05) is 20.8 Å². The first kappa shape index (κ1) is 23.3. The van der Waals surface area contributed by atoms with Crippen molar-refractivity contribution in [2.24, 2.45) is 4.99 Å². The van der Waals surface area contributed by atoms with Gasteiger partial charge in [0.05, 0.1) is 25.6 Å². The van der Waals surface area contributed by atoms with E-state index in [1.165, 1.54) is 14.0 Å². The van der Waals surface area contributed by atoms with Crippen LogP contribution < -0.4 is 14.8 Å². The molecule has 1 aliphatic rings. The van der Waals surface area contributed by atoms with Crippen LogP contribution in [0.1, 0.15) is 23.7 Å². The monoisotopic (exact) mass is 463 g/mol. The van der Waals surface area contributed by atoms with E-state index in [1.54, 1.807) is 37.5 Å². The maximum absolute atomic E-state index is 14.3. The van der Waals surface area contributed by atoms with E-state index >= 15 is 0 Å². The van der Waals surface area contributed by atoms with Crippen molar-refractivity contribution < 1.29 is 22.9 Å². The zero-order chi connectivity index (χ0) is 24.2. The first-order valence-electron chi connectivity index (χ1n) is 10.8. The molecule has 34 heavy (non-hydrogen) atoms. The van der Waals surface area contributed by atoms with Gasteiger partial charge in [-0.2, -0.15) is 0 Å². The first-order valence-corrected chi connectivity index (χ1v) is 10.8. The number of hydrogen-bond donors (Lipinski definition) is 1. The van der Waals surface area contributed by atoms with Crippen molar-refractivity contribution in [3.05, 3.63) is 77.1 Å². The van der Waals surface area contributed by atoms with Gasteiger partial charge in [0.1, 0.15) is 11.5 Å². The Kier molecular flexibility index (Phi) is 6.81. The number of ether oxygens (including phenoxy) is 2. The second kappa shape index (κ2) is 9.95. The summed E-state index contributed by atoms with van der Waals surface area (Å²) >= 11 is 0. The highest BCUT2D eigenvalue weighted by Gasteiger charge is 2.27. The van der Waals surface area contributed by atoms with Crippen LogP contribution in [0.3, 0.4) is 0 Å². The average Bonchev–Trinajstić information content (AvgIpc) is 3.41. The summed E-state index contributed by atoms with van der Waals surface area (Å²) in [5.41, 5.74) is 3.62. The largest absolute Gasteiger partial charge is 0.678 e. The minimum Gasteiger partial charge on any atom is -0.497 e. The molecule has 0 saturated carbocycles. The van der Waals surface area contributed by atoms with Gasteiger partial charge < -0.3 is 19.3 Å². The molecule has 0 saturated heterocycles. The lowest BCUT2D eigenvalue weighted by molar-refractivity contribution is -0.118. The van der Waals surface area contributed by atoms with Crippen molar-refractivity contribution >= 4 is 36.0 Å². The lowest BCUT2D eigenvalue weighted by Crippen LogP contribution is -2.22. The van der Waals surface area contributed by atoms with Crippen molar-refractivity contribution in [3.8, 4) is 11.5 Å². The molecule has 0 unspecified atom stereocenters. The van der Waals surface area contributed by atoms with E-state index in [0.717, 1.165) is 21.5 Å². The number of aromatic nitrogens is 1. The molecule has 0 fully saturated rings. The topological polar surface area (TPSA) is 64.8 Å². The van der Waals surface area contributed by atoms with Gasteiger partial charge in [-0.1, -0.05) is 0 Å². The number of carbonyl (C=O) groups excluding carboxylic acids is 1. The molecule has 0 bridgehead atoms. The summed E-state index contributed by atoms with van der Waals surface area (Å²) in [6, 6.07) is 12.5. The molecule has 2 heterocycles. The maximum Gasteiger partial charge on any atom is 0.678 e. The number of amides is 1. The number of methoxy groups -OCH3 is 2. The molecule has 4 rings (SSSR count). The van der Waals surface area contributed by atoms with Crippen LogP contribution in [0, 0.1) is 0 Å². The Hall–Kier alpha value is -3.88. The number of benzene rings is 2. The number of hydrogen-bond acceptors (Lipinski definition) is 4. The molecule has 174 valence electrons. The quantitative estimate of drug-likeness (QED) is 0.500. The van der Waals surface area contributed by atoms with Gasteiger partial charge in [0.2, 0.25) is 5.91 Å². The fourth-order valence-electron chi connectivity index (χ4n) is 4.02. The predicted molar refractivity (Wildman–Crippen MR) is 131 cm³/mol. The van der Waals surface area contributed by atoms with Crippen LogP contribution in [0.5, 0.6) is 11.5 Å². The van der Waals surface area contributed by atoms with Gasteiger partial charge in [-0.15, -0.1) is 0 Å². The summed E-state index contributed by atoms with van der Waals surface area (Å²) < 4.78 is 40.0. The fraction of sp³-hybridized carbons (Fsp3) is 0.200. The third kappa shape index (κ3) is 4.73. The number of nitrogens with one attached hydrogen (secondary N) is 1. The van der Waals surface area contributed by atoms with Gasteiger partial charge in [-0.05, 0) is 72.7 Å². The highest BCUT2D eigenvalue weighted by atomic mass is 19.2. The standard InChI is InChI=1S/C25H24BF2N3O3/c1-16(32)29-13-12-21-22-15-20(34-3)9-11-24(22)31(26(27)28)25(21)14-18-6-10-23(30-18)17-4-7-19(33-2)8-5-17/h4-11,14-15H,12-13H2,1-3H3,(H,29,32)/b18-14-. The van der Waals surface area contributed by atoms with Crippen LogP contribution in [-0.2, 0) is 11.2 Å². The van der Waals surface area contributed by atoms with Crippen LogP contribution in [-0.4, -0.2) is 44.3 Å². The molecule has 0 radical (unpaired) electrons. The lowest BCUT2D eigenvalue weighted by atomic mass is 10.1. The normalized spacial score (nSPS) is 13.9. The predicted octanol–water partition coefficient (Wildman–Crippen LogP) is 4.51. The van der Waals surface area contributed by atoms with Gasteiger partial charge in [0, 0.05) is 35.6 Å². The number of halogens is 2. The Bertz CT molecular complexity index is 1310. The number of fused-ring (bicyclic) bond motifs is 1. The zero-order valence-electron chi connectivity index (χ0n) is 19.1. The van der Waals surface area contributed by atoms with Gasteiger partial charge >= 0.3 is 7.40 Å². The number of rotatable bonds is 8. The molecule has 1 amide bonds. The maximum atomic E-state index is 14.3. The minimum absolute atomic E-state index is 0.178. The third-order valence-corrected chi connectivity index (χ3v) is 5.63. The van der Waals surface area contributed by atoms with E-state index in [1.807, 2.05) is 30.3 Å². The smallest absolute Gasteiger partial charge is 0.497 e. The molecule has 9 heteroatoms. The van der Waals surface area contributed by atoms with Gasteiger partial charge in [0.25, 0.3) is 0 Å². The molecule has 1 N–H and O–H groups in total. The molecule has 1 aliphatic heterocycles. The second-order valence-electron chi connectivity index (χ2n) is 7.76. The molecule has 2 aromatic carbocycles. The number of carbonyl (C=O) groups is 1. The van der Waals surface area contributed by atoms with E-state index in [-0.39, 0.29) is 5.91 Å². The van der Waals surface area contributed by atoms with Crippen molar-refractivity contribution in [3.63, 3.8) is 0 Å². The Morgan fingerprint density at radius 1 is 1.09 bits per heavy atom. The SMILES string of the molecule is COc1ccc(C2=N/C(=C\c3c(CCNC(C)=O)c4cc(OC)ccc4n3B(F)F)C=C2)cc1. The Morgan fingerprint density at radius 2 is 1.79 bits per heavy atom. The average molecular weight is 463 g/mol. The summed E-state index contributed by atoms with van der Waals surface area (Å²) in [7, 11) is 0.376. The summed E-state index contributed by atoms with van der Waals surface area (Å²) in [6.07, 6.45) is 5.68. The fourth-order valence-corrected chi connectivity index (χ4v) is 4.02. The third-order valence-electron chi connectivity index (χ3n) is 5.63. The zero-order valence-corrected chi connectivity index (χ0v) is 19.1. The molecule has 1 aromatic heterocycles. The van der Waals surface area contributed by atoms with E-state index in [2.05, 4.69) is 10.3 Å². The van der Waals surface area contributed by atoms with Crippen molar-refractivity contribution in [2.45, 2.75) is 13.3 Å². The molecule has 0 aliphatic carbocycles. The molecule has 6 nitrogen and oxygen atoms in total. The second-order valence-corrected chi connectivity index (χ2v) is 7.76. The Balaban J connectivity index is 1.80. The van der Waals surface area contributed by atoms with Crippen LogP contribution >= 0.6 is 0 Å². The number of nitrogens with zero attached hydrogens (tertiary/aromatic N) is 2. The Labute approximate surface area is 196 Å². The van der Waals surface area contributed by atoms with E-state index in [9.17, 15) is 13.4 Å². The van der Waals surface area contributed by atoms with Gasteiger partial charge in [-0.3, -0.25) is 13.4 Å². The van der Waals surface area contributed by atoms with Gasteiger partial charge in [0.15, 0.2) is 0 Å². The van der Waals surface area contributed by atoms with Crippen LogP contribution in [0.4, 0.5) is 8.63 Å². The summed E-state index contributed by atoms with van der Waals surface area (Å²) in [6.45, 7) is 1.74. The molecule has 3 aromatic rings. The van der Waals surface area contributed by atoms with Crippen molar-refractivity contribution in [1.29, 1.82) is 0 Å². The van der Waals surface area contributed by atoms with Crippen LogP contribution in [0.2, 0.25) is 0 Å². The number of aliphatic imine (C=N–C) groups is 1. The van der Waals surface area contributed by atoms with Gasteiger partial charge in [-0.25, -0.2) is 4.99 Å². The van der Waals surface area contributed by atoms with E-state index < -0.39 is 7.40 Å². The highest BCUT2D eigenvalue weighted by molar-refractivity contribution is 6.43. The highest BCUT2D eigenvalue weighted by Crippen LogP contribution is 2.33. The summed E-state index contributed by atoms with van der Waals surface area (Å²) in [5.74, 6) is 1.13. The minimum atomic E-state index is -2.76. The van der Waals surface area contributed by atoms with E-state index in [0.29, 0.717) is 46.6 Å². The molecular formula is C25H24BF2N3O3. The lowest BCUT2D eigenvalue weighted by Gasteiger charge is -2.07. The Morgan fingerprint density at radius 3 is 2.44 bits per heavy atom. The first-order chi connectivity index (χ1) is 16.4. The van der Waals surface area contributed by atoms with E-state index in [4.69, 9.17) is 9.47 Å². The molecular weight excluding hydrogens is 439 g/mol. The van der Waals surface area contributed by atoms with Crippen LogP contribution in [0.15, 0.2) is 65.3 Å². The summed E-state index contributed by atoms with van der Waals surface area (Å²) in [5, 5.41) is 3.40. The van der Waals surface area contributed by atoms with Crippen LogP contribution in [0.25, 0.3) is 17.0 Å².